The molecule has 1 fully saturated rings. The van der Waals surface area contributed by atoms with Gasteiger partial charge in [0.05, 0.1) is 24.8 Å². The number of piperazine rings is 1. The number of rotatable bonds is 5. The van der Waals surface area contributed by atoms with Crippen LogP contribution in [0.5, 0.6) is 11.5 Å². The van der Waals surface area contributed by atoms with E-state index in [2.05, 4.69) is 10.2 Å². The summed E-state index contributed by atoms with van der Waals surface area (Å²) in [5.74, 6) is 0.984. The van der Waals surface area contributed by atoms with E-state index in [0.29, 0.717) is 28.4 Å². The largest absolute Gasteiger partial charge is 0.492 e. The number of aldehydes is 1. The standard InChI is InChI=1S/C14H19ClN2O3/c1-19-13-10(8-17-5-3-16-4-6-17)7-12(15)11(9-18)14(13)20-2/h7,9,16H,3-6,8H2,1-2H3. The van der Waals surface area contributed by atoms with Crippen LogP contribution in [0.1, 0.15) is 15.9 Å². The maximum atomic E-state index is 11.1. The van der Waals surface area contributed by atoms with E-state index in [4.69, 9.17) is 21.1 Å². The number of nitrogens with one attached hydrogen (secondary N) is 1. The molecule has 0 unspecified atom stereocenters. The van der Waals surface area contributed by atoms with Gasteiger partial charge in [-0.15, -0.1) is 0 Å². The van der Waals surface area contributed by atoms with Crippen LogP contribution in [0, 0.1) is 0 Å². The van der Waals surface area contributed by atoms with Gasteiger partial charge in [-0.3, -0.25) is 9.69 Å². The molecule has 0 aromatic heterocycles. The van der Waals surface area contributed by atoms with Crippen molar-refractivity contribution in [1.82, 2.24) is 10.2 Å². The number of carbonyl (C=O) groups excluding carboxylic acids is 1. The Labute approximate surface area is 123 Å². The highest BCUT2D eigenvalue weighted by Crippen LogP contribution is 2.39. The lowest BCUT2D eigenvalue weighted by molar-refractivity contribution is 0.112. The fourth-order valence-corrected chi connectivity index (χ4v) is 2.70. The minimum Gasteiger partial charge on any atom is -0.492 e. The van der Waals surface area contributed by atoms with Crippen molar-refractivity contribution < 1.29 is 14.3 Å². The van der Waals surface area contributed by atoms with E-state index in [9.17, 15) is 4.79 Å². The number of nitrogens with zero attached hydrogens (tertiary/aromatic N) is 1. The summed E-state index contributed by atoms with van der Waals surface area (Å²) in [5.41, 5.74) is 1.26. The van der Waals surface area contributed by atoms with Crippen LogP contribution in [0.3, 0.4) is 0 Å². The molecule has 6 heteroatoms. The van der Waals surface area contributed by atoms with E-state index in [-0.39, 0.29) is 0 Å². The number of ether oxygens (including phenoxy) is 2. The Morgan fingerprint density at radius 2 is 1.95 bits per heavy atom. The molecule has 1 aromatic rings. The number of carbonyl (C=O) groups is 1. The first-order valence-electron chi connectivity index (χ1n) is 6.52. The molecule has 0 saturated carbocycles. The summed E-state index contributed by atoms with van der Waals surface area (Å²) in [4.78, 5) is 13.4. The van der Waals surface area contributed by atoms with Crippen LogP contribution in [0.15, 0.2) is 6.07 Å². The monoisotopic (exact) mass is 298 g/mol. The van der Waals surface area contributed by atoms with E-state index >= 15 is 0 Å². The molecule has 1 N–H and O–H groups in total. The third-order valence-corrected chi connectivity index (χ3v) is 3.74. The molecule has 1 aliphatic heterocycles. The summed E-state index contributed by atoms with van der Waals surface area (Å²) in [6, 6.07) is 1.79. The van der Waals surface area contributed by atoms with Gasteiger partial charge in [0, 0.05) is 38.3 Å². The Balaban J connectivity index is 2.36. The molecule has 0 amide bonds. The molecule has 0 spiro atoms. The van der Waals surface area contributed by atoms with Crippen molar-refractivity contribution in [3.8, 4) is 11.5 Å². The van der Waals surface area contributed by atoms with E-state index in [1.165, 1.54) is 7.11 Å². The number of hydrogen-bond acceptors (Lipinski definition) is 5. The van der Waals surface area contributed by atoms with Crippen LogP contribution in [0.2, 0.25) is 5.02 Å². The van der Waals surface area contributed by atoms with E-state index in [1.54, 1.807) is 13.2 Å². The SMILES string of the molecule is COc1c(CN2CCNCC2)cc(Cl)c(C=O)c1OC. The lowest BCUT2D eigenvalue weighted by atomic mass is 10.1. The number of benzene rings is 1. The molecule has 110 valence electrons. The van der Waals surface area contributed by atoms with Crippen molar-refractivity contribution >= 4 is 17.9 Å². The molecular weight excluding hydrogens is 280 g/mol. The Bertz CT molecular complexity index is 488. The Hall–Kier alpha value is -1.30. The average molecular weight is 299 g/mol. The van der Waals surface area contributed by atoms with Crippen molar-refractivity contribution in [2.75, 3.05) is 40.4 Å². The number of halogens is 1. The summed E-state index contributed by atoms with van der Waals surface area (Å²) in [6.07, 6.45) is 0.693. The average Bonchev–Trinajstić information content (AvgIpc) is 2.47. The molecule has 20 heavy (non-hydrogen) atoms. The van der Waals surface area contributed by atoms with E-state index in [1.807, 2.05) is 0 Å². The van der Waals surface area contributed by atoms with Crippen LogP contribution >= 0.6 is 11.6 Å². The van der Waals surface area contributed by atoms with Gasteiger partial charge in [0.15, 0.2) is 17.8 Å². The van der Waals surface area contributed by atoms with Crippen molar-refractivity contribution in [3.05, 3.63) is 22.2 Å². The summed E-state index contributed by atoms with van der Waals surface area (Å²) >= 11 is 6.16. The fourth-order valence-electron chi connectivity index (χ4n) is 2.44. The molecule has 0 atom stereocenters. The van der Waals surface area contributed by atoms with Gasteiger partial charge in [-0.1, -0.05) is 11.6 Å². The molecule has 0 bridgehead atoms. The van der Waals surface area contributed by atoms with Gasteiger partial charge in [-0.2, -0.15) is 0 Å². The van der Waals surface area contributed by atoms with Crippen molar-refractivity contribution in [2.24, 2.45) is 0 Å². The Kier molecular flexibility index (Phi) is 5.23. The Morgan fingerprint density at radius 3 is 2.50 bits per heavy atom. The van der Waals surface area contributed by atoms with Gasteiger partial charge in [0.2, 0.25) is 0 Å². The second-order valence-corrected chi connectivity index (χ2v) is 5.05. The number of methoxy groups -OCH3 is 2. The highest BCUT2D eigenvalue weighted by atomic mass is 35.5. The third-order valence-electron chi connectivity index (χ3n) is 3.43. The first kappa shape index (κ1) is 15.1. The van der Waals surface area contributed by atoms with E-state index < -0.39 is 0 Å². The summed E-state index contributed by atoms with van der Waals surface area (Å²) in [5, 5.41) is 3.70. The second-order valence-electron chi connectivity index (χ2n) is 4.64. The summed E-state index contributed by atoms with van der Waals surface area (Å²) in [6.45, 7) is 4.61. The predicted molar refractivity (Wildman–Crippen MR) is 78.1 cm³/mol. The molecule has 5 nitrogen and oxygen atoms in total. The van der Waals surface area contributed by atoms with Gasteiger partial charge in [0.1, 0.15) is 0 Å². The van der Waals surface area contributed by atoms with Gasteiger partial charge >= 0.3 is 0 Å². The molecular formula is C14H19ClN2O3. The van der Waals surface area contributed by atoms with Gasteiger partial charge in [0.25, 0.3) is 0 Å². The molecule has 0 radical (unpaired) electrons. The van der Waals surface area contributed by atoms with Crippen LogP contribution < -0.4 is 14.8 Å². The molecule has 1 aliphatic rings. The maximum Gasteiger partial charge on any atom is 0.173 e. The van der Waals surface area contributed by atoms with E-state index in [0.717, 1.165) is 38.3 Å². The molecule has 1 saturated heterocycles. The smallest absolute Gasteiger partial charge is 0.173 e. The van der Waals surface area contributed by atoms with Gasteiger partial charge in [-0.25, -0.2) is 0 Å². The quantitative estimate of drug-likeness (QED) is 0.837. The summed E-state index contributed by atoms with van der Waals surface area (Å²) in [7, 11) is 3.08. The van der Waals surface area contributed by atoms with Crippen LogP contribution in [0.25, 0.3) is 0 Å². The topological polar surface area (TPSA) is 50.8 Å². The molecule has 0 aliphatic carbocycles. The lowest BCUT2D eigenvalue weighted by Crippen LogP contribution is -2.42. The molecule has 1 heterocycles. The van der Waals surface area contributed by atoms with Crippen LogP contribution in [0.4, 0.5) is 0 Å². The maximum absolute atomic E-state index is 11.1. The Morgan fingerprint density at radius 1 is 1.30 bits per heavy atom. The zero-order valence-electron chi connectivity index (χ0n) is 11.7. The lowest BCUT2D eigenvalue weighted by Gasteiger charge is -2.28. The highest BCUT2D eigenvalue weighted by molar-refractivity contribution is 6.33. The van der Waals surface area contributed by atoms with Crippen molar-refractivity contribution in [3.63, 3.8) is 0 Å². The molecule has 1 aromatic carbocycles. The normalized spacial score (nSPS) is 15.9. The molecule has 2 rings (SSSR count). The highest BCUT2D eigenvalue weighted by Gasteiger charge is 2.20. The van der Waals surface area contributed by atoms with Crippen molar-refractivity contribution in [2.45, 2.75) is 6.54 Å². The summed E-state index contributed by atoms with van der Waals surface area (Å²) < 4.78 is 10.7. The first-order valence-corrected chi connectivity index (χ1v) is 6.90. The van der Waals surface area contributed by atoms with Crippen LogP contribution in [-0.2, 0) is 6.54 Å². The van der Waals surface area contributed by atoms with Crippen molar-refractivity contribution in [1.29, 1.82) is 0 Å². The minimum atomic E-state index is 0.329. The van der Waals surface area contributed by atoms with Gasteiger partial charge in [-0.05, 0) is 6.07 Å². The first-order chi connectivity index (χ1) is 9.71. The van der Waals surface area contributed by atoms with Crippen LogP contribution in [-0.4, -0.2) is 51.6 Å². The predicted octanol–water partition coefficient (Wildman–Crippen LogP) is 1.57. The minimum absolute atomic E-state index is 0.329. The second kappa shape index (κ2) is 6.92. The number of hydrogen-bond donors (Lipinski definition) is 1. The fraction of sp³-hybridized carbons (Fsp3) is 0.500. The third kappa shape index (κ3) is 3.06. The van der Waals surface area contributed by atoms with Gasteiger partial charge < -0.3 is 14.8 Å². The zero-order chi connectivity index (χ0) is 14.5. The zero-order valence-corrected chi connectivity index (χ0v) is 12.5.